The van der Waals surface area contributed by atoms with Crippen LogP contribution in [0.2, 0.25) is 0 Å². The van der Waals surface area contributed by atoms with Gasteiger partial charge in [0.25, 0.3) is 5.91 Å². The summed E-state index contributed by atoms with van der Waals surface area (Å²) in [6.07, 6.45) is 0. The van der Waals surface area contributed by atoms with Gasteiger partial charge in [0.15, 0.2) is 18.2 Å². The number of amides is 2. The molecule has 2 amide bonds. The fourth-order valence-electron chi connectivity index (χ4n) is 2.58. The first-order valence-electron chi connectivity index (χ1n) is 8.92. The molecule has 0 unspecified atom stereocenters. The molecule has 0 aliphatic carbocycles. The zero-order valence-electron chi connectivity index (χ0n) is 15.9. The summed E-state index contributed by atoms with van der Waals surface area (Å²) in [5, 5.41) is 2.72. The molecule has 0 bridgehead atoms. The maximum absolute atomic E-state index is 13.7. The fraction of sp³-hybridized carbons (Fsp3) is 0.333. The van der Waals surface area contributed by atoms with Gasteiger partial charge in [-0.25, -0.2) is 4.39 Å². The highest BCUT2D eigenvalue weighted by atomic mass is 19.1. The Hall–Kier alpha value is -2.89. The van der Waals surface area contributed by atoms with E-state index in [0.29, 0.717) is 6.54 Å². The van der Waals surface area contributed by atoms with Crippen molar-refractivity contribution in [1.82, 2.24) is 10.2 Å². The van der Waals surface area contributed by atoms with E-state index in [4.69, 9.17) is 4.74 Å². The molecule has 0 saturated carbocycles. The second-order valence-corrected chi connectivity index (χ2v) is 6.30. The monoisotopic (exact) mass is 372 g/mol. The summed E-state index contributed by atoms with van der Waals surface area (Å²) in [6.45, 7) is 5.85. The Bertz CT molecular complexity index is 777. The number of benzene rings is 2. The molecule has 0 heterocycles. The number of hydrogen-bond donors (Lipinski definition) is 1. The first-order chi connectivity index (χ1) is 12.9. The molecule has 2 rings (SSSR count). The second-order valence-electron chi connectivity index (χ2n) is 6.30. The quantitative estimate of drug-likeness (QED) is 0.775. The van der Waals surface area contributed by atoms with E-state index in [9.17, 15) is 14.0 Å². The van der Waals surface area contributed by atoms with Gasteiger partial charge in [-0.05, 0) is 38.5 Å². The third-order valence-electron chi connectivity index (χ3n) is 4.18. The number of ether oxygens (including phenoxy) is 1. The van der Waals surface area contributed by atoms with Crippen LogP contribution in [0, 0.1) is 12.7 Å². The van der Waals surface area contributed by atoms with Crippen molar-refractivity contribution in [2.45, 2.75) is 33.4 Å². The van der Waals surface area contributed by atoms with Crippen LogP contribution < -0.4 is 10.1 Å². The smallest absolute Gasteiger partial charge is 0.261 e. The Kier molecular flexibility index (Phi) is 7.34. The van der Waals surface area contributed by atoms with Crippen LogP contribution >= 0.6 is 0 Å². The minimum Gasteiger partial charge on any atom is -0.481 e. The molecule has 144 valence electrons. The van der Waals surface area contributed by atoms with Crippen molar-refractivity contribution < 1.29 is 18.7 Å². The lowest BCUT2D eigenvalue weighted by Crippen LogP contribution is -2.49. The van der Waals surface area contributed by atoms with Crippen LogP contribution in [0.3, 0.4) is 0 Å². The normalized spacial score (nSPS) is 11.6. The van der Waals surface area contributed by atoms with Crippen molar-refractivity contribution in [3.63, 3.8) is 0 Å². The fourth-order valence-corrected chi connectivity index (χ4v) is 2.58. The topological polar surface area (TPSA) is 58.6 Å². The summed E-state index contributed by atoms with van der Waals surface area (Å²) >= 11 is 0. The molecule has 2 aromatic carbocycles. The number of halogens is 1. The molecule has 0 saturated heterocycles. The summed E-state index contributed by atoms with van der Waals surface area (Å²) in [4.78, 5) is 26.4. The number of likely N-dealkylation sites (N-methyl/N-ethyl adjacent to an activating group) is 1. The van der Waals surface area contributed by atoms with Crippen LogP contribution in [0.4, 0.5) is 4.39 Å². The number of nitrogens with one attached hydrogen (secondary N) is 1. The molecule has 0 aliphatic heterocycles. The molecule has 0 fully saturated rings. The zero-order chi connectivity index (χ0) is 19.8. The highest BCUT2D eigenvalue weighted by Crippen LogP contribution is 2.16. The highest BCUT2D eigenvalue weighted by Gasteiger charge is 2.26. The number of para-hydroxylation sites is 1. The van der Waals surface area contributed by atoms with Crippen molar-refractivity contribution in [3.8, 4) is 5.75 Å². The third kappa shape index (κ3) is 5.81. The van der Waals surface area contributed by atoms with Gasteiger partial charge in [-0.3, -0.25) is 9.59 Å². The Morgan fingerprint density at radius 3 is 2.44 bits per heavy atom. The van der Waals surface area contributed by atoms with Crippen LogP contribution in [0.5, 0.6) is 5.75 Å². The van der Waals surface area contributed by atoms with E-state index in [1.165, 1.54) is 17.0 Å². The van der Waals surface area contributed by atoms with E-state index >= 15 is 0 Å². The summed E-state index contributed by atoms with van der Waals surface area (Å²) in [5.41, 5.74) is 2.01. The Labute approximate surface area is 159 Å². The SMILES string of the molecule is CCNC(=O)[C@@H](C)N(Cc1ccc(C)cc1)C(=O)COc1ccccc1F. The van der Waals surface area contributed by atoms with Gasteiger partial charge in [0, 0.05) is 13.1 Å². The van der Waals surface area contributed by atoms with Gasteiger partial charge in [0.2, 0.25) is 5.91 Å². The minimum absolute atomic E-state index is 0.00630. The summed E-state index contributed by atoms with van der Waals surface area (Å²) in [5.74, 6) is -1.17. The summed E-state index contributed by atoms with van der Waals surface area (Å²) in [6, 6.07) is 12.9. The maximum atomic E-state index is 13.7. The van der Waals surface area contributed by atoms with Crippen molar-refractivity contribution >= 4 is 11.8 Å². The van der Waals surface area contributed by atoms with E-state index in [2.05, 4.69) is 5.32 Å². The van der Waals surface area contributed by atoms with Gasteiger partial charge in [0.05, 0.1) is 0 Å². The standard InChI is InChI=1S/C21H25FN2O3/c1-4-23-21(26)16(3)24(13-17-11-9-15(2)10-12-17)20(25)14-27-19-8-6-5-7-18(19)22/h5-12,16H,4,13-14H2,1-3H3,(H,23,26)/t16-/m1/s1. The van der Waals surface area contributed by atoms with Gasteiger partial charge in [-0.2, -0.15) is 0 Å². The van der Waals surface area contributed by atoms with Gasteiger partial charge >= 0.3 is 0 Å². The molecule has 0 spiro atoms. The Morgan fingerprint density at radius 2 is 1.81 bits per heavy atom. The average molecular weight is 372 g/mol. The molecule has 1 N–H and O–H groups in total. The summed E-state index contributed by atoms with van der Waals surface area (Å²) in [7, 11) is 0. The van der Waals surface area contributed by atoms with Gasteiger partial charge in [-0.15, -0.1) is 0 Å². The molecular formula is C21H25FN2O3. The molecule has 6 heteroatoms. The highest BCUT2D eigenvalue weighted by molar-refractivity contribution is 5.87. The lowest BCUT2D eigenvalue weighted by molar-refractivity contribution is -0.142. The van der Waals surface area contributed by atoms with Gasteiger partial charge < -0.3 is 15.0 Å². The molecule has 2 aromatic rings. The summed E-state index contributed by atoms with van der Waals surface area (Å²) < 4.78 is 19.0. The predicted molar refractivity (Wildman–Crippen MR) is 102 cm³/mol. The number of carbonyl (C=O) groups is 2. The van der Waals surface area contributed by atoms with Crippen LogP contribution in [0.25, 0.3) is 0 Å². The van der Waals surface area contributed by atoms with Crippen LogP contribution in [0.15, 0.2) is 48.5 Å². The zero-order valence-corrected chi connectivity index (χ0v) is 15.9. The molecular weight excluding hydrogens is 347 g/mol. The van der Waals surface area contributed by atoms with Crippen LogP contribution in [-0.4, -0.2) is 35.9 Å². The maximum Gasteiger partial charge on any atom is 0.261 e. The molecule has 27 heavy (non-hydrogen) atoms. The molecule has 1 atom stereocenters. The average Bonchev–Trinajstić information content (AvgIpc) is 2.66. The van der Waals surface area contributed by atoms with E-state index < -0.39 is 17.8 Å². The number of hydrogen-bond acceptors (Lipinski definition) is 3. The molecule has 0 aromatic heterocycles. The molecule has 0 radical (unpaired) electrons. The van der Waals surface area contributed by atoms with E-state index in [1.807, 2.05) is 38.1 Å². The lowest BCUT2D eigenvalue weighted by atomic mass is 10.1. The number of carbonyl (C=O) groups excluding carboxylic acids is 2. The lowest BCUT2D eigenvalue weighted by Gasteiger charge is -2.28. The minimum atomic E-state index is -0.678. The third-order valence-corrected chi connectivity index (χ3v) is 4.18. The van der Waals surface area contributed by atoms with Gasteiger partial charge in [0.1, 0.15) is 6.04 Å². The van der Waals surface area contributed by atoms with Crippen LogP contribution in [-0.2, 0) is 16.1 Å². The van der Waals surface area contributed by atoms with Crippen molar-refractivity contribution in [2.75, 3.05) is 13.2 Å². The second kappa shape index (κ2) is 9.71. The largest absolute Gasteiger partial charge is 0.481 e. The molecule has 0 aliphatic rings. The number of aryl methyl sites for hydroxylation is 1. The van der Waals surface area contributed by atoms with E-state index in [0.717, 1.165) is 11.1 Å². The van der Waals surface area contributed by atoms with E-state index in [1.54, 1.807) is 19.1 Å². The Balaban J connectivity index is 2.14. The number of nitrogens with zero attached hydrogens (tertiary/aromatic N) is 1. The first kappa shape index (κ1) is 20.4. The molecule has 5 nitrogen and oxygen atoms in total. The van der Waals surface area contributed by atoms with Gasteiger partial charge in [-0.1, -0.05) is 42.0 Å². The number of rotatable bonds is 8. The Morgan fingerprint density at radius 1 is 1.15 bits per heavy atom. The predicted octanol–water partition coefficient (Wildman–Crippen LogP) is 3.07. The van der Waals surface area contributed by atoms with Crippen molar-refractivity contribution in [1.29, 1.82) is 0 Å². The van der Waals surface area contributed by atoms with E-state index in [-0.39, 0.29) is 24.8 Å². The van der Waals surface area contributed by atoms with Crippen LogP contribution in [0.1, 0.15) is 25.0 Å². The van der Waals surface area contributed by atoms with Crippen molar-refractivity contribution in [2.24, 2.45) is 0 Å². The van der Waals surface area contributed by atoms with Crippen molar-refractivity contribution in [3.05, 3.63) is 65.5 Å². The first-order valence-corrected chi connectivity index (χ1v) is 8.92.